The van der Waals surface area contributed by atoms with Crippen LogP contribution in [0.25, 0.3) is 0 Å². The predicted octanol–water partition coefficient (Wildman–Crippen LogP) is 0.607. The van der Waals surface area contributed by atoms with Gasteiger partial charge in [0.1, 0.15) is 0 Å². The first-order valence-corrected chi connectivity index (χ1v) is 6.71. The zero-order valence-corrected chi connectivity index (χ0v) is 10.3. The average Bonchev–Trinajstić information content (AvgIpc) is 2.39. The Balaban J connectivity index is 1.59. The van der Waals surface area contributed by atoms with Gasteiger partial charge in [0.2, 0.25) is 0 Å². The lowest BCUT2D eigenvalue weighted by molar-refractivity contribution is 0.0184. The van der Waals surface area contributed by atoms with Gasteiger partial charge in [0.05, 0.1) is 6.10 Å². The Hall–Kier alpha value is -0.810. The molecule has 5 nitrogen and oxygen atoms in total. The van der Waals surface area contributed by atoms with Crippen LogP contribution < -0.4 is 16.0 Å². The first kappa shape index (κ1) is 12.6. The van der Waals surface area contributed by atoms with E-state index in [4.69, 9.17) is 4.74 Å². The molecular formula is C12H23N3O2. The number of amides is 2. The Bertz CT molecular complexity index is 236. The molecule has 2 amide bonds. The quantitative estimate of drug-likeness (QED) is 0.678. The molecule has 5 heteroatoms. The van der Waals surface area contributed by atoms with Gasteiger partial charge in [0.15, 0.2) is 0 Å². The van der Waals surface area contributed by atoms with E-state index in [1.54, 1.807) is 0 Å². The number of rotatable bonds is 3. The molecule has 3 N–H and O–H groups in total. The van der Waals surface area contributed by atoms with Crippen LogP contribution in [0.2, 0.25) is 0 Å². The molecule has 0 spiro atoms. The number of hydrogen-bond acceptors (Lipinski definition) is 3. The van der Waals surface area contributed by atoms with Crippen LogP contribution in [0, 0.1) is 0 Å². The highest BCUT2D eigenvalue weighted by Gasteiger charge is 2.17. The molecule has 0 aromatic rings. The number of urea groups is 1. The maximum Gasteiger partial charge on any atom is 0.315 e. The summed E-state index contributed by atoms with van der Waals surface area (Å²) in [6.45, 7) is 3.41. The van der Waals surface area contributed by atoms with Gasteiger partial charge in [-0.05, 0) is 38.6 Å². The largest absolute Gasteiger partial charge is 0.376 e. The van der Waals surface area contributed by atoms with Crippen LogP contribution in [0.5, 0.6) is 0 Å². The van der Waals surface area contributed by atoms with Crippen molar-refractivity contribution in [2.24, 2.45) is 0 Å². The summed E-state index contributed by atoms with van der Waals surface area (Å²) in [5.74, 6) is 0. The van der Waals surface area contributed by atoms with Crippen LogP contribution >= 0.6 is 0 Å². The summed E-state index contributed by atoms with van der Waals surface area (Å²) in [5.41, 5.74) is 0. The normalized spacial score (nSPS) is 29.6. The number of carbonyl (C=O) groups excluding carboxylic acids is 1. The molecule has 2 atom stereocenters. The summed E-state index contributed by atoms with van der Waals surface area (Å²) in [4.78, 5) is 11.6. The Morgan fingerprint density at radius 1 is 1.29 bits per heavy atom. The summed E-state index contributed by atoms with van der Waals surface area (Å²) < 4.78 is 5.56. The van der Waals surface area contributed by atoms with Gasteiger partial charge in [-0.3, -0.25) is 0 Å². The molecule has 17 heavy (non-hydrogen) atoms. The molecule has 2 aliphatic heterocycles. The maximum absolute atomic E-state index is 11.6. The SMILES string of the molecule is O=C(NCC1CCCCO1)NC1CCCNC1. The van der Waals surface area contributed by atoms with Gasteiger partial charge in [-0.2, -0.15) is 0 Å². The van der Waals surface area contributed by atoms with Crippen LogP contribution in [0.4, 0.5) is 4.79 Å². The molecule has 0 bridgehead atoms. The van der Waals surface area contributed by atoms with Crippen molar-refractivity contribution in [3.63, 3.8) is 0 Å². The molecule has 2 unspecified atom stereocenters. The number of ether oxygens (including phenoxy) is 1. The van der Waals surface area contributed by atoms with E-state index >= 15 is 0 Å². The molecule has 0 radical (unpaired) electrons. The van der Waals surface area contributed by atoms with Gasteiger partial charge in [0.25, 0.3) is 0 Å². The zero-order chi connectivity index (χ0) is 11.9. The van der Waals surface area contributed by atoms with Crippen molar-refractivity contribution in [1.82, 2.24) is 16.0 Å². The molecule has 2 fully saturated rings. The fourth-order valence-electron chi connectivity index (χ4n) is 2.39. The van der Waals surface area contributed by atoms with E-state index in [-0.39, 0.29) is 18.2 Å². The monoisotopic (exact) mass is 241 g/mol. The molecule has 2 aliphatic rings. The first-order valence-electron chi connectivity index (χ1n) is 6.71. The van der Waals surface area contributed by atoms with Crippen LogP contribution in [-0.2, 0) is 4.74 Å². The molecule has 2 rings (SSSR count). The van der Waals surface area contributed by atoms with Crippen molar-refractivity contribution in [3.05, 3.63) is 0 Å². The standard InChI is InChI=1S/C12H23N3O2/c16-12(15-10-4-3-6-13-8-10)14-9-11-5-1-2-7-17-11/h10-11,13H,1-9H2,(H2,14,15,16). The summed E-state index contributed by atoms with van der Waals surface area (Å²) in [6, 6.07) is 0.212. The highest BCUT2D eigenvalue weighted by molar-refractivity contribution is 5.74. The summed E-state index contributed by atoms with van der Waals surface area (Å²) in [7, 11) is 0. The van der Waals surface area contributed by atoms with E-state index in [1.165, 1.54) is 6.42 Å². The Morgan fingerprint density at radius 2 is 2.24 bits per heavy atom. The summed E-state index contributed by atoms with van der Waals surface area (Å²) >= 11 is 0. The Kier molecular flexibility index (Phi) is 5.07. The number of nitrogens with one attached hydrogen (secondary N) is 3. The van der Waals surface area contributed by atoms with E-state index in [2.05, 4.69) is 16.0 Å². The molecule has 2 saturated heterocycles. The minimum Gasteiger partial charge on any atom is -0.376 e. The van der Waals surface area contributed by atoms with Crippen LogP contribution in [-0.4, -0.2) is 44.4 Å². The predicted molar refractivity (Wildman–Crippen MR) is 66.0 cm³/mol. The third kappa shape index (κ3) is 4.52. The van der Waals surface area contributed by atoms with Gasteiger partial charge in [0, 0.05) is 25.7 Å². The minimum atomic E-state index is -0.0622. The lowest BCUT2D eigenvalue weighted by Crippen LogP contribution is -2.50. The van der Waals surface area contributed by atoms with Gasteiger partial charge in [-0.1, -0.05) is 0 Å². The van der Waals surface area contributed by atoms with Crippen molar-refractivity contribution in [2.75, 3.05) is 26.2 Å². The van der Waals surface area contributed by atoms with Gasteiger partial charge in [-0.25, -0.2) is 4.79 Å². The minimum absolute atomic E-state index is 0.0622. The molecule has 0 saturated carbocycles. The second-order valence-corrected chi connectivity index (χ2v) is 4.89. The van der Waals surface area contributed by atoms with Crippen LogP contribution in [0.15, 0.2) is 0 Å². The second kappa shape index (κ2) is 6.81. The molecule has 0 aromatic carbocycles. The van der Waals surface area contributed by atoms with Crippen molar-refractivity contribution in [1.29, 1.82) is 0 Å². The molecular weight excluding hydrogens is 218 g/mol. The Morgan fingerprint density at radius 3 is 2.94 bits per heavy atom. The zero-order valence-electron chi connectivity index (χ0n) is 10.3. The van der Waals surface area contributed by atoms with Gasteiger partial charge in [-0.15, -0.1) is 0 Å². The first-order chi connectivity index (χ1) is 8.34. The molecule has 0 aliphatic carbocycles. The third-order valence-corrected chi connectivity index (χ3v) is 3.40. The number of carbonyl (C=O) groups is 1. The van der Waals surface area contributed by atoms with E-state index in [0.717, 1.165) is 45.4 Å². The molecule has 2 heterocycles. The van der Waals surface area contributed by atoms with Crippen molar-refractivity contribution in [2.45, 2.75) is 44.2 Å². The topological polar surface area (TPSA) is 62.4 Å². The fraction of sp³-hybridized carbons (Fsp3) is 0.917. The summed E-state index contributed by atoms with van der Waals surface area (Å²) in [5, 5.41) is 9.17. The van der Waals surface area contributed by atoms with Crippen LogP contribution in [0.1, 0.15) is 32.1 Å². The number of hydrogen-bond donors (Lipinski definition) is 3. The molecule has 98 valence electrons. The van der Waals surface area contributed by atoms with E-state index in [0.29, 0.717) is 6.54 Å². The van der Waals surface area contributed by atoms with Crippen LogP contribution in [0.3, 0.4) is 0 Å². The number of piperidine rings is 1. The van der Waals surface area contributed by atoms with Gasteiger partial charge < -0.3 is 20.7 Å². The molecule has 0 aromatic heterocycles. The van der Waals surface area contributed by atoms with Crippen molar-refractivity contribution >= 4 is 6.03 Å². The van der Waals surface area contributed by atoms with Crippen molar-refractivity contribution in [3.8, 4) is 0 Å². The highest BCUT2D eigenvalue weighted by Crippen LogP contribution is 2.11. The Labute approximate surface area is 103 Å². The smallest absolute Gasteiger partial charge is 0.315 e. The third-order valence-electron chi connectivity index (χ3n) is 3.40. The van der Waals surface area contributed by atoms with Gasteiger partial charge >= 0.3 is 6.03 Å². The second-order valence-electron chi connectivity index (χ2n) is 4.89. The lowest BCUT2D eigenvalue weighted by Gasteiger charge is -2.26. The lowest BCUT2D eigenvalue weighted by atomic mass is 10.1. The maximum atomic E-state index is 11.6. The van der Waals surface area contributed by atoms with E-state index in [1.807, 2.05) is 0 Å². The van der Waals surface area contributed by atoms with E-state index < -0.39 is 0 Å². The summed E-state index contributed by atoms with van der Waals surface area (Å²) in [6.07, 6.45) is 5.83. The van der Waals surface area contributed by atoms with E-state index in [9.17, 15) is 4.79 Å². The fourth-order valence-corrected chi connectivity index (χ4v) is 2.39. The highest BCUT2D eigenvalue weighted by atomic mass is 16.5. The average molecular weight is 241 g/mol. The van der Waals surface area contributed by atoms with Crippen molar-refractivity contribution < 1.29 is 9.53 Å².